The van der Waals surface area contributed by atoms with Crippen LogP contribution in [0.1, 0.15) is 17.9 Å². The lowest BCUT2D eigenvalue weighted by molar-refractivity contribution is -0.121. The van der Waals surface area contributed by atoms with Crippen LogP contribution < -0.4 is 10.1 Å². The quantitative estimate of drug-likeness (QED) is 0.717. The van der Waals surface area contributed by atoms with Crippen molar-refractivity contribution >= 4 is 5.91 Å². The van der Waals surface area contributed by atoms with Crippen LogP contribution in [0.2, 0.25) is 0 Å². The maximum atomic E-state index is 11.8. The van der Waals surface area contributed by atoms with Crippen LogP contribution in [-0.4, -0.2) is 22.7 Å². The molecule has 6 heteroatoms. The first-order valence-corrected chi connectivity index (χ1v) is 8.05. The fraction of sp³-hybridized carbons (Fsp3) is 0.211. The molecule has 0 aliphatic carbocycles. The minimum atomic E-state index is -0.133. The Labute approximate surface area is 145 Å². The first kappa shape index (κ1) is 16.7. The highest BCUT2D eigenvalue weighted by molar-refractivity contribution is 5.75. The Hall–Kier alpha value is -3.15. The summed E-state index contributed by atoms with van der Waals surface area (Å²) in [6.07, 6.45) is 0.258. The summed E-state index contributed by atoms with van der Waals surface area (Å²) >= 11 is 0. The minimum absolute atomic E-state index is 0.133. The van der Waals surface area contributed by atoms with Gasteiger partial charge in [-0.25, -0.2) is 0 Å². The Balaban J connectivity index is 1.44. The molecule has 0 spiro atoms. The van der Waals surface area contributed by atoms with E-state index in [2.05, 4.69) is 15.5 Å². The number of rotatable bonds is 7. The summed E-state index contributed by atoms with van der Waals surface area (Å²) in [4.78, 5) is 16.1. The van der Waals surface area contributed by atoms with Crippen molar-refractivity contribution in [3.8, 4) is 17.1 Å². The van der Waals surface area contributed by atoms with Crippen molar-refractivity contribution in [1.82, 2.24) is 15.5 Å². The molecule has 3 aromatic rings. The molecule has 1 amide bonds. The molecule has 1 heterocycles. The highest BCUT2D eigenvalue weighted by atomic mass is 16.5. The average molecular weight is 337 g/mol. The summed E-state index contributed by atoms with van der Waals surface area (Å²) in [7, 11) is 0. The number of benzene rings is 2. The summed E-state index contributed by atoms with van der Waals surface area (Å²) in [5, 5.41) is 6.68. The Morgan fingerprint density at radius 3 is 2.64 bits per heavy atom. The summed E-state index contributed by atoms with van der Waals surface area (Å²) < 4.78 is 10.7. The maximum absolute atomic E-state index is 11.8. The van der Waals surface area contributed by atoms with Crippen LogP contribution in [0.5, 0.6) is 5.75 Å². The summed E-state index contributed by atoms with van der Waals surface area (Å²) in [6.45, 7) is 2.53. The van der Waals surface area contributed by atoms with Gasteiger partial charge in [-0.3, -0.25) is 4.79 Å². The van der Waals surface area contributed by atoms with Crippen molar-refractivity contribution in [3.63, 3.8) is 0 Å². The van der Waals surface area contributed by atoms with Gasteiger partial charge in [0.1, 0.15) is 5.75 Å². The number of aromatic nitrogens is 2. The van der Waals surface area contributed by atoms with Gasteiger partial charge in [-0.15, -0.1) is 0 Å². The van der Waals surface area contributed by atoms with Crippen molar-refractivity contribution in [2.75, 3.05) is 6.61 Å². The van der Waals surface area contributed by atoms with E-state index in [0.717, 1.165) is 16.9 Å². The molecule has 128 valence electrons. The lowest BCUT2D eigenvalue weighted by atomic mass is 10.1. The van der Waals surface area contributed by atoms with E-state index in [1.54, 1.807) is 0 Å². The molecule has 1 aromatic heterocycles. The number of carbonyl (C=O) groups is 1. The number of nitrogens with zero attached hydrogens (tertiary/aromatic N) is 2. The van der Waals surface area contributed by atoms with Crippen LogP contribution in [-0.2, 0) is 11.3 Å². The second-order valence-electron chi connectivity index (χ2n) is 5.57. The van der Waals surface area contributed by atoms with E-state index < -0.39 is 0 Å². The SMILES string of the molecule is Cc1ccc(-c2noc(CNC(=O)CCOc3ccccc3)n2)cc1. The number of hydrogen-bond donors (Lipinski definition) is 1. The van der Waals surface area contributed by atoms with Gasteiger partial charge in [-0.2, -0.15) is 4.98 Å². The van der Waals surface area contributed by atoms with Crippen molar-refractivity contribution in [2.45, 2.75) is 19.9 Å². The predicted molar refractivity (Wildman–Crippen MR) is 92.9 cm³/mol. The van der Waals surface area contributed by atoms with Gasteiger partial charge in [0.25, 0.3) is 0 Å². The van der Waals surface area contributed by atoms with Crippen LogP contribution in [0.15, 0.2) is 59.1 Å². The Morgan fingerprint density at radius 1 is 1.12 bits per heavy atom. The van der Waals surface area contributed by atoms with Gasteiger partial charge in [0.15, 0.2) is 0 Å². The number of amides is 1. The number of carbonyl (C=O) groups excluding carboxylic acids is 1. The van der Waals surface area contributed by atoms with E-state index in [1.807, 2.05) is 61.5 Å². The van der Waals surface area contributed by atoms with Gasteiger partial charge < -0.3 is 14.6 Å². The number of aryl methyl sites for hydroxylation is 1. The van der Waals surface area contributed by atoms with Crippen LogP contribution >= 0.6 is 0 Å². The van der Waals surface area contributed by atoms with E-state index in [1.165, 1.54) is 0 Å². The Morgan fingerprint density at radius 2 is 1.88 bits per heavy atom. The fourth-order valence-corrected chi connectivity index (χ4v) is 2.19. The average Bonchev–Trinajstić information content (AvgIpc) is 3.10. The van der Waals surface area contributed by atoms with E-state index >= 15 is 0 Å². The molecular weight excluding hydrogens is 318 g/mol. The third-order valence-corrected chi connectivity index (χ3v) is 3.56. The van der Waals surface area contributed by atoms with Crippen molar-refractivity contribution < 1.29 is 14.1 Å². The highest BCUT2D eigenvalue weighted by Gasteiger charge is 2.10. The summed E-state index contributed by atoms with van der Waals surface area (Å²) in [5.74, 6) is 1.49. The molecule has 0 fully saturated rings. The minimum Gasteiger partial charge on any atom is -0.493 e. The molecule has 2 aromatic carbocycles. The maximum Gasteiger partial charge on any atom is 0.246 e. The number of hydrogen-bond acceptors (Lipinski definition) is 5. The smallest absolute Gasteiger partial charge is 0.246 e. The topological polar surface area (TPSA) is 77.2 Å². The number of para-hydroxylation sites is 1. The third-order valence-electron chi connectivity index (χ3n) is 3.56. The van der Waals surface area contributed by atoms with E-state index in [9.17, 15) is 4.79 Å². The molecule has 25 heavy (non-hydrogen) atoms. The third kappa shape index (κ3) is 4.91. The van der Waals surface area contributed by atoms with Crippen LogP contribution in [0.3, 0.4) is 0 Å². The van der Waals surface area contributed by atoms with E-state index in [0.29, 0.717) is 18.3 Å². The summed E-state index contributed by atoms with van der Waals surface area (Å²) in [5.41, 5.74) is 2.04. The van der Waals surface area contributed by atoms with E-state index in [-0.39, 0.29) is 18.9 Å². The fourth-order valence-electron chi connectivity index (χ4n) is 2.19. The Kier molecular flexibility index (Phi) is 5.41. The predicted octanol–water partition coefficient (Wildman–Crippen LogP) is 3.13. The Bertz CT molecular complexity index is 813. The van der Waals surface area contributed by atoms with Crippen LogP contribution in [0, 0.1) is 6.92 Å². The van der Waals surface area contributed by atoms with Gasteiger partial charge >= 0.3 is 0 Å². The van der Waals surface area contributed by atoms with Gasteiger partial charge in [-0.05, 0) is 19.1 Å². The van der Waals surface area contributed by atoms with Crippen molar-refractivity contribution in [3.05, 3.63) is 66.1 Å². The van der Waals surface area contributed by atoms with Crippen molar-refractivity contribution in [2.24, 2.45) is 0 Å². The van der Waals surface area contributed by atoms with Crippen LogP contribution in [0.25, 0.3) is 11.4 Å². The van der Waals surface area contributed by atoms with Gasteiger partial charge in [0.05, 0.1) is 19.6 Å². The lowest BCUT2D eigenvalue weighted by Crippen LogP contribution is -2.24. The number of nitrogens with one attached hydrogen (secondary N) is 1. The molecule has 3 rings (SSSR count). The molecule has 1 N–H and O–H groups in total. The van der Waals surface area contributed by atoms with Gasteiger partial charge in [-0.1, -0.05) is 53.2 Å². The van der Waals surface area contributed by atoms with Crippen molar-refractivity contribution in [1.29, 1.82) is 0 Å². The van der Waals surface area contributed by atoms with Crippen LogP contribution in [0.4, 0.5) is 0 Å². The molecule has 0 unspecified atom stereocenters. The first-order chi connectivity index (χ1) is 12.2. The van der Waals surface area contributed by atoms with Gasteiger partial charge in [0.2, 0.25) is 17.6 Å². The molecule has 0 aliphatic heterocycles. The zero-order chi connectivity index (χ0) is 17.5. The van der Waals surface area contributed by atoms with E-state index in [4.69, 9.17) is 9.26 Å². The normalized spacial score (nSPS) is 10.4. The summed E-state index contributed by atoms with van der Waals surface area (Å²) in [6, 6.07) is 17.2. The molecule has 6 nitrogen and oxygen atoms in total. The standard InChI is InChI=1S/C19H19N3O3/c1-14-7-9-15(10-8-14)19-21-18(25-22-19)13-20-17(23)11-12-24-16-5-3-2-4-6-16/h2-10H,11-13H2,1H3,(H,20,23). The molecule has 0 atom stereocenters. The highest BCUT2D eigenvalue weighted by Crippen LogP contribution is 2.16. The second-order valence-corrected chi connectivity index (χ2v) is 5.57. The molecule has 0 radical (unpaired) electrons. The molecule has 0 saturated carbocycles. The second kappa shape index (κ2) is 8.10. The largest absolute Gasteiger partial charge is 0.493 e. The number of ether oxygens (including phenoxy) is 1. The van der Waals surface area contributed by atoms with Gasteiger partial charge in [0, 0.05) is 5.56 Å². The zero-order valence-electron chi connectivity index (χ0n) is 13.9. The molecular formula is C19H19N3O3. The molecule has 0 aliphatic rings. The molecule has 0 saturated heterocycles. The molecule has 0 bridgehead atoms. The monoisotopic (exact) mass is 337 g/mol. The lowest BCUT2D eigenvalue weighted by Gasteiger charge is -2.05. The first-order valence-electron chi connectivity index (χ1n) is 8.05. The zero-order valence-corrected chi connectivity index (χ0v) is 13.9.